The molecule has 1 amide bonds. The molecule has 0 bridgehead atoms. The lowest BCUT2D eigenvalue weighted by atomic mass is 9.97. The Morgan fingerprint density at radius 1 is 0.960 bits per heavy atom. The molecular formula is C21H24N2O2. The van der Waals surface area contributed by atoms with Gasteiger partial charge in [-0.15, -0.1) is 0 Å². The standard InChI is InChI=1S/C21H24N2O2/c1-15-19(22(2)3)13-14-23(15)21(25)18-12-8-7-11-17(18)20(24)16-9-5-4-6-10-16/h4-12,15,19H,13-14H2,1-3H3/t15-,19-/m1/s1. The first kappa shape index (κ1) is 17.4. The number of likely N-dealkylation sites (tertiary alicyclic amines) is 1. The highest BCUT2D eigenvalue weighted by atomic mass is 16.2. The summed E-state index contributed by atoms with van der Waals surface area (Å²) in [4.78, 5) is 30.1. The van der Waals surface area contributed by atoms with E-state index < -0.39 is 0 Å². The van der Waals surface area contributed by atoms with Gasteiger partial charge in [-0.05, 0) is 33.5 Å². The van der Waals surface area contributed by atoms with Crippen LogP contribution in [0.2, 0.25) is 0 Å². The van der Waals surface area contributed by atoms with Crippen LogP contribution >= 0.6 is 0 Å². The molecule has 2 atom stereocenters. The lowest BCUT2D eigenvalue weighted by Crippen LogP contribution is -2.42. The third kappa shape index (κ3) is 3.35. The van der Waals surface area contributed by atoms with Crippen LogP contribution < -0.4 is 0 Å². The predicted molar refractivity (Wildman–Crippen MR) is 98.9 cm³/mol. The molecule has 1 fully saturated rings. The highest BCUT2D eigenvalue weighted by Crippen LogP contribution is 2.25. The van der Waals surface area contributed by atoms with Gasteiger partial charge >= 0.3 is 0 Å². The van der Waals surface area contributed by atoms with Gasteiger partial charge in [0.1, 0.15) is 0 Å². The molecule has 1 aliphatic rings. The highest BCUT2D eigenvalue weighted by Gasteiger charge is 2.36. The molecule has 0 aliphatic carbocycles. The first-order chi connectivity index (χ1) is 12.0. The van der Waals surface area contributed by atoms with Gasteiger partial charge in [0.2, 0.25) is 0 Å². The molecule has 0 radical (unpaired) electrons. The Morgan fingerprint density at radius 3 is 2.16 bits per heavy atom. The number of nitrogens with zero attached hydrogens (tertiary/aromatic N) is 2. The Hall–Kier alpha value is -2.46. The summed E-state index contributed by atoms with van der Waals surface area (Å²) in [5.74, 6) is -0.169. The van der Waals surface area contributed by atoms with Gasteiger partial charge < -0.3 is 9.80 Å². The van der Waals surface area contributed by atoms with Gasteiger partial charge in [-0.2, -0.15) is 0 Å². The normalized spacial score (nSPS) is 20.1. The topological polar surface area (TPSA) is 40.6 Å². The average Bonchev–Trinajstić information content (AvgIpc) is 3.03. The fourth-order valence-corrected chi connectivity index (χ4v) is 3.67. The quantitative estimate of drug-likeness (QED) is 0.806. The van der Waals surface area contributed by atoms with Crippen LogP contribution in [0, 0.1) is 0 Å². The van der Waals surface area contributed by atoms with Crippen molar-refractivity contribution in [3.05, 3.63) is 71.3 Å². The third-order valence-electron chi connectivity index (χ3n) is 5.08. The number of benzene rings is 2. The van der Waals surface area contributed by atoms with E-state index in [4.69, 9.17) is 0 Å². The fourth-order valence-electron chi connectivity index (χ4n) is 3.67. The van der Waals surface area contributed by atoms with E-state index in [-0.39, 0.29) is 17.7 Å². The van der Waals surface area contributed by atoms with Crippen molar-refractivity contribution in [3.63, 3.8) is 0 Å². The van der Waals surface area contributed by atoms with Crippen LogP contribution in [0.25, 0.3) is 0 Å². The monoisotopic (exact) mass is 336 g/mol. The van der Waals surface area contributed by atoms with Crippen LogP contribution in [0.5, 0.6) is 0 Å². The molecule has 0 spiro atoms. The molecule has 25 heavy (non-hydrogen) atoms. The summed E-state index contributed by atoms with van der Waals surface area (Å²) in [7, 11) is 4.09. The Balaban J connectivity index is 1.91. The summed E-state index contributed by atoms with van der Waals surface area (Å²) in [6, 6.07) is 16.7. The number of hydrogen-bond acceptors (Lipinski definition) is 3. The third-order valence-corrected chi connectivity index (χ3v) is 5.08. The summed E-state index contributed by atoms with van der Waals surface area (Å²) in [6.07, 6.45) is 0.953. The zero-order valence-electron chi connectivity index (χ0n) is 15.0. The van der Waals surface area contributed by atoms with Crippen molar-refractivity contribution in [2.45, 2.75) is 25.4 Å². The van der Waals surface area contributed by atoms with E-state index in [1.54, 1.807) is 24.3 Å². The van der Waals surface area contributed by atoms with Crippen molar-refractivity contribution >= 4 is 11.7 Å². The van der Waals surface area contributed by atoms with Crippen molar-refractivity contribution in [1.29, 1.82) is 0 Å². The number of likely N-dealkylation sites (N-methyl/N-ethyl adjacent to an activating group) is 1. The largest absolute Gasteiger partial charge is 0.334 e. The molecule has 0 aromatic heterocycles. The van der Waals surface area contributed by atoms with Gasteiger partial charge in [0.25, 0.3) is 5.91 Å². The van der Waals surface area contributed by atoms with E-state index in [9.17, 15) is 9.59 Å². The van der Waals surface area contributed by atoms with E-state index in [0.717, 1.165) is 13.0 Å². The maximum Gasteiger partial charge on any atom is 0.254 e. The van der Waals surface area contributed by atoms with Crippen molar-refractivity contribution in [1.82, 2.24) is 9.80 Å². The molecule has 1 heterocycles. The van der Waals surface area contributed by atoms with Crippen molar-refractivity contribution in [2.24, 2.45) is 0 Å². The molecule has 4 heteroatoms. The Bertz CT molecular complexity index is 770. The maximum absolute atomic E-state index is 13.1. The zero-order valence-corrected chi connectivity index (χ0v) is 15.0. The van der Waals surface area contributed by atoms with Crippen LogP contribution in [0.3, 0.4) is 0 Å². The van der Waals surface area contributed by atoms with Crippen molar-refractivity contribution < 1.29 is 9.59 Å². The molecular weight excluding hydrogens is 312 g/mol. The molecule has 2 aromatic carbocycles. The molecule has 0 unspecified atom stereocenters. The summed E-state index contributed by atoms with van der Waals surface area (Å²) >= 11 is 0. The molecule has 3 rings (SSSR count). The van der Waals surface area contributed by atoms with Crippen LogP contribution in [0.1, 0.15) is 39.6 Å². The van der Waals surface area contributed by atoms with E-state index >= 15 is 0 Å². The molecule has 1 saturated heterocycles. The number of ketones is 1. The van der Waals surface area contributed by atoms with Crippen molar-refractivity contribution in [2.75, 3.05) is 20.6 Å². The van der Waals surface area contributed by atoms with Crippen LogP contribution in [-0.2, 0) is 0 Å². The number of rotatable bonds is 4. The Labute approximate surface area is 149 Å². The van der Waals surface area contributed by atoms with Gasteiger partial charge in [-0.3, -0.25) is 9.59 Å². The Kier molecular flexibility index (Phi) is 5.00. The van der Waals surface area contributed by atoms with Crippen LogP contribution in [0.15, 0.2) is 54.6 Å². The van der Waals surface area contributed by atoms with Gasteiger partial charge in [0, 0.05) is 29.8 Å². The summed E-state index contributed by atoms with van der Waals surface area (Å²) < 4.78 is 0. The molecule has 0 saturated carbocycles. The Morgan fingerprint density at radius 2 is 1.56 bits per heavy atom. The minimum absolute atomic E-state index is 0.0586. The fraction of sp³-hybridized carbons (Fsp3) is 0.333. The average molecular weight is 336 g/mol. The molecule has 4 nitrogen and oxygen atoms in total. The molecule has 1 aliphatic heterocycles. The second kappa shape index (κ2) is 7.19. The first-order valence-corrected chi connectivity index (χ1v) is 8.67. The lowest BCUT2D eigenvalue weighted by molar-refractivity contribution is 0.0717. The predicted octanol–water partition coefficient (Wildman–Crippen LogP) is 3.08. The van der Waals surface area contributed by atoms with E-state index in [1.165, 1.54) is 0 Å². The maximum atomic E-state index is 13.1. The zero-order chi connectivity index (χ0) is 18.0. The van der Waals surface area contributed by atoms with Gasteiger partial charge in [-0.25, -0.2) is 0 Å². The summed E-state index contributed by atoms with van der Waals surface area (Å²) in [6.45, 7) is 2.80. The highest BCUT2D eigenvalue weighted by molar-refractivity contribution is 6.15. The smallest absolute Gasteiger partial charge is 0.254 e. The second-order valence-corrected chi connectivity index (χ2v) is 6.80. The summed E-state index contributed by atoms with van der Waals surface area (Å²) in [5, 5.41) is 0. The number of amides is 1. The van der Waals surface area contributed by atoms with Gasteiger partial charge in [-0.1, -0.05) is 48.5 Å². The second-order valence-electron chi connectivity index (χ2n) is 6.80. The van der Waals surface area contributed by atoms with Crippen LogP contribution in [-0.4, -0.2) is 54.2 Å². The van der Waals surface area contributed by atoms with E-state index in [1.807, 2.05) is 49.3 Å². The first-order valence-electron chi connectivity index (χ1n) is 8.67. The van der Waals surface area contributed by atoms with E-state index in [0.29, 0.717) is 22.7 Å². The summed E-state index contributed by atoms with van der Waals surface area (Å²) in [5.41, 5.74) is 1.56. The van der Waals surface area contributed by atoms with Crippen molar-refractivity contribution in [3.8, 4) is 0 Å². The van der Waals surface area contributed by atoms with Gasteiger partial charge in [0.05, 0.1) is 5.56 Å². The molecule has 130 valence electrons. The molecule has 2 aromatic rings. The lowest BCUT2D eigenvalue weighted by Gasteiger charge is -2.28. The molecule has 0 N–H and O–H groups in total. The van der Waals surface area contributed by atoms with E-state index in [2.05, 4.69) is 11.8 Å². The van der Waals surface area contributed by atoms with Crippen LogP contribution in [0.4, 0.5) is 0 Å². The number of carbonyl (C=O) groups is 2. The minimum atomic E-state index is -0.111. The SMILES string of the molecule is C[C@@H]1[C@H](N(C)C)CCN1C(=O)c1ccccc1C(=O)c1ccccc1. The minimum Gasteiger partial charge on any atom is -0.334 e. The number of hydrogen-bond donors (Lipinski definition) is 0. The van der Waals surface area contributed by atoms with Gasteiger partial charge in [0.15, 0.2) is 5.78 Å². The number of carbonyl (C=O) groups excluding carboxylic acids is 2.